The van der Waals surface area contributed by atoms with E-state index in [0.29, 0.717) is 15.6 Å². The molecule has 0 fully saturated rings. The minimum Gasteiger partial charge on any atom is -0.454 e. The Morgan fingerprint density at radius 1 is 1.08 bits per heavy atom. The summed E-state index contributed by atoms with van der Waals surface area (Å²) in [5, 5.41) is 0.858. The number of halogens is 1. The maximum Gasteiger partial charge on any atom is 0.339 e. The minimum absolute atomic E-state index is 0.227. The van der Waals surface area contributed by atoms with E-state index in [1.807, 2.05) is 24.3 Å². The van der Waals surface area contributed by atoms with Crippen LogP contribution < -0.4 is 0 Å². The van der Waals surface area contributed by atoms with E-state index in [4.69, 9.17) is 4.74 Å². The Morgan fingerprint density at radius 2 is 1.88 bits per heavy atom. The molecule has 0 saturated heterocycles. The second-order valence-corrected chi connectivity index (χ2v) is 6.23. The van der Waals surface area contributed by atoms with E-state index in [9.17, 15) is 9.59 Å². The molecule has 0 aliphatic rings. The van der Waals surface area contributed by atoms with Gasteiger partial charge in [0.25, 0.3) is 0 Å². The van der Waals surface area contributed by atoms with Gasteiger partial charge < -0.3 is 9.72 Å². The van der Waals surface area contributed by atoms with Gasteiger partial charge in [-0.1, -0.05) is 37.3 Å². The lowest BCUT2D eigenvalue weighted by Crippen LogP contribution is -2.14. The molecule has 0 atom stereocenters. The third-order valence-corrected chi connectivity index (χ3v) is 4.60. The maximum absolute atomic E-state index is 12.4. The molecular weight excluding hydrogens is 370 g/mol. The van der Waals surface area contributed by atoms with Crippen molar-refractivity contribution in [3.05, 3.63) is 69.8 Å². The van der Waals surface area contributed by atoms with Crippen LogP contribution in [0.4, 0.5) is 0 Å². The predicted octanol–water partition coefficient (Wildman–Crippen LogP) is 4.53. The number of aromatic amines is 1. The summed E-state index contributed by atoms with van der Waals surface area (Å²) in [6, 6.07) is 12.8. The Kier molecular flexibility index (Phi) is 4.81. The second kappa shape index (κ2) is 7.01. The molecule has 2 aromatic carbocycles. The van der Waals surface area contributed by atoms with Crippen molar-refractivity contribution >= 4 is 38.6 Å². The Hall–Kier alpha value is -2.40. The van der Waals surface area contributed by atoms with Crippen LogP contribution in [0.5, 0.6) is 0 Å². The van der Waals surface area contributed by atoms with Gasteiger partial charge in [0, 0.05) is 27.1 Å². The molecule has 0 aliphatic heterocycles. The SMILES string of the molecule is CCc1cccc2c(C(=O)COC(=O)c3ccccc3Br)c[nH]c12. The van der Waals surface area contributed by atoms with E-state index in [1.165, 1.54) is 0 Å². The lowest BCUT2D eigenvalue weighted by Gasteiger charge is -2.05. The van der Waals surface area contributed by atoms with Gasteiger partial charge in [-0.2, -0.15) is 0 Å². The molecule has 1 aromatic heterocycles. The third kappa shape index (κ3) is 3.12. The van der Waals surface area contributed by atoms with Crippen LogP contribution in [0.2, 0.25) is 0 Å². The number of fused-ring (bicyclic) bond motifs is 1. The smallest absolute Gasteiger partial charge is 0.339 e. The summed E-state index contributed by atoms with van der Waals surface area (Å²) in [5.41, 5.74) is 3.05. The molecule has 1 heterocycles. The predicted molar refractivity (Wildman–Crippen MR) is 96.4 cm³/mol. The van der Waals surface area contributed by atoms with Gasteiger partial charge in [0.1, 0.15) is 0 Å². The van der Waals surface area contributed by atoms with Crippen molar-refractivity contribution < 1.29 is 14.3 Å². The molecule has 5 heteroatoms. The molecule has 4 nitrogen and oxygen atoms in total. The minimum atomic E-state index is -0.523. The van der Waals surface area contributed by atoms with Crippen LogP contribution in [0.15, 0.2) is 53.1 Å². The highest BCUT2D eigenvalue weighted by Gasteiger charge is 2.17. The molecule has 0 spiro atoms. The van der Waals surface area contributed by atoms with Gasteiger partial charge in [-0.25, -0.2) is 4.79 Å². The van der Waals surface area contributed by atoms with E-state index in [-0.39, 0.29) is 12.4 Å². The van der Waals surface area contributed by atoms with Crippen molar-refractivity contribution in [3.8, 4) is 0 Å². The van der Waals surface area contributed by atoms with Gasteiger partial charge in [0.15, 0.2) is 6.61 Å². The summed E-state index contributed by atoms with van der Waals surface area (Å²) in [4.78, 5) is 27.7. The van der Waals surface area contributed by atoms with Crippen LogP contribution >= 0.6 is 15.9 Å². The molecule has 122 valence electrons. The number of hydrogen-bond acceptors (Lipinski definition) is 3. The first-order valence-corrected chi connectivity index (χ1v) is 8.45. The van der Waals surface area contributed by atoms with E-state index >= 15 is 0 Å². The van der Waals surface area contributed by atoms with Crippen LogP contribution in [-0.4, -0.2) is 23.3 Å². The number of ether oxygens (including phenoxy) is 1. The van der Waals surface area contributed by atoms with Gasteiger partial charge in [-0.05, 0) is 40.0 Å². The fourth-order valence-electron chi connectivity index (χ4n) is 2.66. The van der Waals surface area contributed by atoms with Gasteiger partial charge in [-0.15, -0.1) is 0 Å². The Bertz CT molecular complexity index is 914. The third-order valence-electron chi connectivity index (χ3n) is 3.91. The van der Waals surface area contributed by atoms with Gasteiger partial charge in [-0.3, -0.25) is 4.79 Å². The van der Waals surface area contributed by atoms with Crippen molar-refractivity contribution in [1.29, 1.82) is 0 Å². The number of H-pyrrole nitrogens is 1. The zero-order valence-electron chi connectivity index (χ0n) is 13.1. The first kappa shape index (κ1) is 16.5. The van der Waals surface area contributed by atoms with Crippen molar-refractivity contribution in [1.82, 2.24) is 4.98 Å². The largest absolute Gasteiger partial charge is 0.454 e. The zero-order chi connectivity index (χ0) is 17.1. The normalized spacial score (nSPS) is 10.8. The molecule has 0 amide bonds. The standard InChI is InChI=1S/C19H16BrNO3/c1-2-12-6-5-8-13-15(10-21-18(12)13)17(22)11-24-19(23)14-7-3-4-9-16(14)20/h3-10,21H,2,11H2,1H3. The molecule has 3 rings (SSSR count). The van der Waals surface area contributed by atoms with Crippen LogP contribution in [0.25, 0.3) is 10.9 Å². The number of aromatic nitrogens is 1. The number of nitrogens with one attached hydrogen (secondary N) is 1. The van der Waals surface area contributed by atoms with E-state index in [0.717, 1.165) is 22.9 Å². The number of carbonyl (C=O) groups excluding carboxylic acids is 2. The number of aryl methyl sites for hydroxylation is 1. The van der Waals surface area contributed by atoms with E-state index in [2.05, 4.69) is 27.8 Å². The van der Waals surface area contributed by atoms with Crippen molar-refractivity contribution in [2.45, 2.75) is 13.3 Å². The van der Waals surface area contributed by atoms with Crippen LogP contribution in [0.3, 0.4) is 0 Å². The molecular formula is C19H16BrNO3. The number of Topliss-reactive ketones (excluding diaryl/α,β-unsaturated/α-hetero) is 1. The van der Waals surface area contributed by atoms with Crippen LogP contribution in [0.1, 0.15) is 33.2 Å². The Morgan fingerprint density at radius 3 is 2.62 bits per heavy atom. The molecule has 0 aliphatic carbocycles. The second-order valence-electron chi connectivity index (χ2n) is 5.37. The average molecular weight is 386 g/mol. The summed E-state index contributed by atoms with van der Waals surface area (Å²) in [6.07, 6.45) is 2.56. The van der Waals surface area contributed by atoms with Gasteiger partial charge >= 0.3 is 5.97 Å². The Labute approximate surface area is 148 Å². The quantitative estimate of drug-likeness (QED) is 0.518. The molecule has 24 heavy (non-hydrogen) atoms. The van der Waals surface area contributed by atoms with Crippen molar-refractivity contribution in [2.24, 2.45) is 0 Å². The summed E-state index contributed by atoms with van der Waals surface area (Å²) in [7, 11) is 0. The topological polar surface area (TPSA) is 59.2 Å². The lowest BCUT2D eigenvalue weighted by molar-refractivity contribution is 0.0474. The van der Waals surface area contributed by atoms with Gasteiger partial charge in [0.2, 0.25) is 5.78 Å². The maximum atomic E-state index is 12.4. The molecule has 1 N–H and O–H groups in total. The highest BCUT2D eigenvalue weighted by Crippen LogP contribution is 2.23. The molecule has 0 saturated carbocycles. The number of hydrogen-bond donors (Lipinski definition) is 1. The van der Waals surface area contributed by atoms with Crippen molar-refractivity contribution in [2.75, 3.05) is 6.61 Å². The number of esters is 1. The molecule has 0 bridgehead atoms. The monoisotopic (exact) mass is 385 g/mol. The van der Waals surface area contributed by atoms with Gasteiger partial charge in [0.05, 0.1) is 5.56 Å². The van der Waals surface area contributed by atoms with Crippen LogP contribution in [0, 0.1) is 0 Å². The molecule has 0 radical (unpaired) electrons. The number of benzene rings is 2. The highest BCUT2D eigenvalue weighted by atomic mass is 79.9. The first-order valence-electron chi connectivity index (χ1n) is 7.65. The number of ketones is 1. The highest BCUT2D eigenvalue weighted by molar-refractivity contribution is 9.10. The molecule has 3 aromatic rings. The van der Waals surface area contributed by atoms with E-state index < -0.39 is 5.97 Å². The average Bonchev–Trinajstić information content (AvgIpc) is 3.04. The zero-order valence-corrected chi connectivity index (χ0v) is 14.7. The summed E-state index contributed by atoms with van der Waals surface area (Å²) < 4.78 is 5.81. The number of carbonyl (C=O) groups is 2. The number of para-hydroxylation sites is 1. The summed E-state index contributed by atoms with van der Waals surface area (Å²) in [6.45, 7) is 1.78. The summed E-state index contributed by atoms with van der Waals surface area (Å²) in [5.74, 6) is -0.750. The fourth-order valence-corrected chi connectivity index (χ4v) is 3.10. The van der Waals surface area contributed by atoms with Crippen LogP contribution in [-0.2, 0) is 11.2 Å². The molecule has 0 unspecified atom stereocenters. The van der Waals surface area contributed by atoms with Crippen molar-refractivity contribution in [3.63, 3.8) is 0 Å². The first-order chi connectivity index (χ1) is 11.6. The summed E-state index contributed by atoms with van der Waals surface area (Å²) >= 11 is 3.30. The van der Waals surface area contributed by atoms with E-state index in [1.54, 1.807) is 24.4 Å². The Balaban J connectivity index is 1.76. The fraction of sp³-hybridized carbons (Fsp3) is 0.158. The lowest BCUT2D eigenvalue weighted by atomic mass is 10.1. The number of rotatable bonds is 5.